The van der Waals surface area contributed by atoms with Gasteiger partial charge in [0.2, 0.25) is 0 Å². The number of rotatable bonds is 0. The Morgan fingerprint density at radius 1 is 1.23 bits per heavy atom. The van der Waals surface area contributed by atoms with Gasteiger partial charge in [-0.2, -0.15) is 0 Å². The van der Waals surface area contributed by atoms with Gasteiger partial charge < -0.3 is 5.32 Å². The first-order valence-electron chi connectivity index (χ1n) is 4.49. The summed E-state index contributed by atoms with van der Waals surface area (Å²) in [5.41, 5.74) is 5.62. The number of hydrogen-bond acceptors (Lipinski definition) is 1. The molecule has 0 unspecified atom stereocenters. The molecule has 0 saturated carbocycles. The summed E-state index contributed by atoms with van der Waals surface area (Å²) >= 11 is 0. The average molecular weight is 175 g/mol. The number of benzene rings is 1. The summed E-state index contributed by atoms with van der Waals surface area (Å²) < 4.78 is 0. The van der Waals surface area contributed by atoms with Crippen molar-refractivity contribution in [1.82, 2.24) is 5.32 Å². The molecule has 0 radical (unpaired) electrons. The number of fused-ring (bicyclic) bond motifs is 1. The van der Waals surface area contributed by atoms with Crippen molar-refractivity contribution < 1.29 is 4.79 Å². The molecule has 0 bridgehead atoms. The van der Waals surface area contributed by atoms with Crippen LogP contribution in [0.3, 0.4) is 0 Å². The highest BCUT2D eigenvalue weighted by molar-refractivity contribution is 6.00. The number of carbonyl (C=O) groups is 1. The van der Waals surface area contributed by atoms with Crippen molar-refractivity contribution in [2.24, 2.45) is 0 Å². The van der Waals surface area contributed by atoms with Crippen LogP contribution in [0.4, 0.5) is 0 Å². The third-order valence-corrected chi connectivity index (χ3v) is 2.83. The number of amides is 1. The fraction of sp³-hybridized carbons (Fsp3) is 0.364. The van der Waals surface area contributed by atoms with E-state index in [4.69, 9.17) is 0 Å². The largest absolute Gasteiger partial charge is 0.348 e. The molecule has 1 amide bonds. The molecule has 1 aromatic rings. The molecule has 1 heterocycles. The lowest BCUT2D eigenvalue weighted by molar-refractivity contribution is 0.0965. The fourth-order valence-corrected chi connectivity index (χ4v) is 1.93. The van der Waals surface area contributed by atoms with Gasteiger partial charge in [-0.1, -0.05) is 6.07 Å². The van der Waals surface area contributed by atoms with Crippen LogP contribution in [0.5, 0.6) is 0 Å². The van der Waals surface area contributed by atoms with Crippen molar-refractivity contribution in [2.45, 2.75) is 27.3 Å². The summed E-state index contributed by atoms with van der Waals surface area (Å²) in [6.45, 7) is 6.82. The summed E-state index contributed by atoms with van der Waals surface area (Å²) in [5.74, 6) is 0.0827. The third kappa shape index (κ3) is 1.05. The highest BCUT2D eigenvalue weighted by atomic mass is 16.1. The van der Waals surface area contributed by atoms with Crippen LogP contribution in [0.15, 0.2) is 6.07 Å². The molecule has 1 aliphatic heterocycles. The first-order chi connectivity index (χ1) is 6.11. The van der Waals surface area contributed by atoms with E-state index in [0.29, 0.717) is 6.54 Å². The van der Waals surface area contributed by atoms with Crippen molar-refractivity contribution in [3.63, 3.8) is 0 Å². The van der Waals surface area contributed by atoms with Gasteiger partial charge in [0.05, 0.1) is 0 Å². The van der Waals surface area contributed by atoms with Gasteiger partial charge in [0.25, 0.3) is 5.91 Å². The molecule has 1 aliphatic rings. The van der Waals surface area contributed by atoms with Crippen molar-refractivity contribution in [3.8, 4) is 0 Å². The van der Waals surface area contributed by atoms with Crippen LogP contribution in [0.25, 0.3) is 0 Å². The lowest BCUT2D eigenvalue weighted by atomic mass is 9.95. The van der Waals surface area contributed by atoms with E-state index in [1.807, 2.05) is 13.8 Å². The van der Waals surface area contributed by atoms with E-state index in [9.17, 15) is 4.79 Å². The van der Waals surface area contributed by atoms with E-state index >= 15 is 0 Å². The Balaban J connectivity index is 2.77. The predicted molar refractivity (Wildman–Crippen MR) is 51.8 cm³/mol. The van der Waals surface area contributed by atoms with Crippen LogP contribution in [0.1, 0.15) is 32.6 Å². The summed E-state index contributed by atoms with van der Waals surface area (Å²) in [6, 6.07) is 2.15. The van der Waals surface area contributed by atoms with Gasteiger partial charge >= 0.3 is 0 Å². The number of nitrogens with one attached hydrogen (secondary N) is 1. The second kappa shape index (κ2) is 2.59. The Labute approximate surface area is 78.0 Å². The maximum atomic E-state index is 11.5. The van der Waals surface area contributed by atoms with E-state index in [0.717, 1.165) is 11.1 Å². The van der Waals surface area contributed by atoms with Gasteiger partial charge in [0.15, 0.2) is 0 Å². The summed E-state index contributed by atoms with van der Waals surface area (Å²) in [7, 11) is 0. The second-order valence-electron chi connectivity index (χ2n) is 3.67. The third-order valence-electron chi connectivity index (χ3n) is 2.83. The average Bonchev–Trinajstić information content (AvgIpc) is 2.44. The molecule has 68 valence electrons. The smallest absolute Gasteiger partial charge is 0.252 e. The van der Waals surface area contributed by atoms with Crippen LogP contribution < -0.4 is 5.32 Å². The van der Waals surface area contributed by atoms with Crippen molar-refractivity contribution in [2.75, 3.05) is 0 Å². The minimum atomic E-state index is 0.0827. The van der Waals surface area contributed by atoms with E-state index < -0.39 is 0 Å². The minimum Gasteiger partial charge on any atom is -0.348 e. The molecule has 1 N–H and O–H groups in total. The molecule has 0 saturated heterocycles. The maximum absolute atomic E-state index is 11.5. The lowest BCUT2D eigenvalue weighted by Gasteiger charge is -2.08. The summed E-state index contributed by atoms with van der Waals surface area (Å²) in [5, 5.41) is 2.85. The fourth-order valence-electron chi connectivity index (χ4n) is 1.93. The van der Waals surface area contributed by atoms with Crippen molar-refractivity contribution >= 4 is 5.91 Å². The van der Waals surface area contributed by atoms with Crippen molar-refractivity contribution in [3.05, 3.63) is 33.9 Å². The Kier molecular flexibility index (Phi) is 1.65. The molecule has 2 rings (SSSR count). The van der Waals surface area contributed by atoms with Gasteiger partial charge in [-0.15, -0.1) is 0 Å². The molecule has 1 aromatic carbocycles. The van der Waals surface area contributed by atoms with Crippen LogP contribution in [-0.2, 0) is 6.54 Å². The molecule has 0 spiro atoms. The first-order valence-corrected chi connectivity index (χ1v) is 4.49. The molecule has 0 fully saturated rings. The molecule has 0 aromatic heterocycles. The standard InChI is InChI=1S/C11H13NO/c1-6-4-7(2)9-5-12-11(13)10(9)8(6)3/h4H,5H2,1-3H3,(H,12,13). The normalized spacial score (nSPS) is 14.2. The Bertz CT molecular complexity index is 394. The molecule has 2 nitrogen and oxygen atoms in total. The minimum absolute atomic E-state index is 0.0827. The highest BCUT2D eigenvalue weighted by Gasteiger charge is 2.23. The van der Waals surface area contributed by atoms with E-state index in [1.54, 1.807) is 0 Å². The van der Waals surface area contributed by atoms with Crippen molar-refractivity contribution in [1.29, 1.82) is 0 Å². The first kappa shape index (κ1) is 8.30. The highest BCUT2D eigenvalue weighted by Crippen LogP contribution is 2.25. The SMILES string of the molecule is Cc1cc(C)c2c(c1C)C(=O)NC2. The van der Waals surface area contributed by atoms with Crippen LogP contribution in [0, 0.1) is 20.8 Å². The van der Waals surface area contributed by atoms with Gasteiger partial charge in [-0.05, 0) is 43.0 Å². The van der Waals surface area contributed by atoms with Gasteiger partial charge in [-0.25, -0.2) is 0 Å². The topological polar surface area (TPSA) is 29.1 Å². The number of hydrogen-bond donors (Lipinski definition) is 1. The quantitative estimate of drug-likeness (QED) is 0.640. The molecule has 13 heavy (non-hydrogen) atoms. The van der Waals surface area contributed by atoms with Gasteiger partial charge in [0.1, 0.15) is 0 Å². The van der Waals surface area contributed by atoms with Gasteiger partial charge in [0, 0.05) is 12.1 Å². The zero-order chi connectivity index (χ0) is 9.59. The zero-order valence-corrected chi connectivity index (χ0v) is 8.19. The Morgan fingerprint density at radius 3 is 2.62 bits per heavy atom. The van der Waals surface area contributed by atoms with Crippen LogP contribution in [0.2, 0.25) is 0 Å². The molecule has 0 aliphatic carbocycles. The Hall–Kier alpha value is -1.31. The summed E-state index contributed by atoms with van der Waals surface area (Å²) in [6.07, 6.45) is 0. The zero-order valence-electron chi connectivity index (χ0n) is 8.19. The Morgan fingerprint density at radius 2 is 1.92 bits per heavy atom. The molecular weight excluding hydrogens is 162 g/mol. The predicted octanol–water partition coefficient (Wildman–Crippen LogP) is 1.86. The molecule has 0 atom stereocenters. The van der Waals surface area contributed by atoms with Crippen LogP contribution >= 0.6 is 0 Å². The molecule has 2 heteroatoms. The monoisotopic (exact) mass is 175 g/mol. The number of carbonyl (C=O) groups excluding carboxylic acids is 1. The van der Waals surface area contributed by atoms with Crippen LogP contribution in [-0.4, -0.2) is 5.91 Å². The molecular formula is C11H13NO. The van der Waals surface area contributed by atoms with E-state index in [1.165, 1.54) is 16.7 Å². The van der Waals surface area contributed by atoms with E-state index in [2.05, 4.69) is 18.3 Å². The second-order valence-corrected chi connectivity index (χ2v) is 3.67. The lowest BCUT2D eigenvalue weighted by Crippen LogP contribution is -2.13. The number of aryl methyl sites for hydroxylation is 2. The summed E-state index contributed by atoms with van der Waals surface area (Å²) in [4.78, 5) is 11.5. The van der Waals surface area contributed by atoms with Gasteiger partial charge in [-0.3, -0.25) is 4.79 Å². The van der Waals surface area contributed by atoms with E-state index in [-0.39, 0.29) is 5.91 Å². The maximum Gasteiger partial charge on any atom is 0.252 e.